The average molecular weight is 437 g/mol. The SMILES string of the molecule is C=C(/C=C\C(=C)[C@H](NCC(C)(F)F)c1ccccc1CCC)OCCN1CC(CF)C1. The van der Waals surface area contributed by atoms with Gasteiger partial charge in [-0.1, -0.05) is 56.8 Å². The lowest BCUT2D eigenvalue weighted by Crippen LogP contribution is -2.48. The van der Waals surface area contributed by atoms with Crippen molar-refractivity contribution >= 4 is 0 Å². The minimum Gasteiger partial charge on any atom is -0.493 e. The molecule has 1 heterocycles. The Bertz CT molecular complexity index is 751. The monoisotopic (exact) mass is 436 g/mol. The topological polar surface area (TPSA) is 24.5 Å². The smallest absolute Gasteiger partial charge is 0.257 e. The highest BCUT2D eigenvalue weighted by molar-refractivity contribution is 5.39. The van der Waals surface area contributed by atoms with Crippen molar-refractivity contribution in [1.29, 1.82) is 0 Å². The summed E-state index contributed by atoms with van der Waals surface area (Å²) in [5, 5.41) is 2.97. The Kier molecular flexibility index (Phi) is 9.85. The maximum Gasteiger partial charge on any atom is 0.257 e. The molecule has 0 radical (unpaired) electrons. The highest BCUT2D eigenvalue weighted by atomic mass is 19.3. The zero-order valence-corrected chi connectivity index (χ0v) is 18.7. The molecule has 0 amide bonds. The predicted molar refractivity (Wildman–Crippen MR) is 121 cm³/mol. The summed E-state index contributed by atoms with van der Waals surface area (Å²) in [6.45, 7) is 13.0. The van der Waals surface area contributed by atoms with Crippen LogP contribution in [0.15, 0.2) is 60.9 Å². The van der Waals surface area contributed by atoms with E-state index >= 15 is 0 Å². The number of hydrogen-bond donors (Lipinski definition) is 1. The van der Waals surface area contributed by atoms with Crippen molar-refractivity contribution in [2.45, 2.75) is 38.7 Å². The number of nitrogens with one attached hydrogen (secondary N) is 1. The number of likely N-dealkylation sites (tertiary alicyclic amines) is 1. The summed E-state index contributed by atoms with van der Waals surface area (Å²) in [6, 6.07) is 7.42. The molecule has 31 heavy (non-hydrogen) atoms. The van der Waals surface area contributed by atoms with Gasteiger partial charge in [-0.15, -0.1) is 0 Å². The lowest BCUT2D eigenvalue weighted by molar-refractivity contribution is 0.0209. The van der Waals surface area contributed by atoms with Crippen LogP contribution in [0.5, 0.6) is 0 Å². The first kappa shape index (κ1) is 25.2. The number of ether oxygens (including phenoxy) is 1. The van der Waals surface area contributed by atoms with E-state index < -0.39 is 18.5 Å². The van der Waals surface area contributed by atoms with E-state index in [0.29, 0.717) is 17.9 Å². The third kappa shape index (κ3) is 8.54. The fourth-order valence-corrected chi connectivity index (χ4v) is 3.64. The number of nitrogens with zero attached hydrogens (tertiary/aromatic N) is 1. The Balaban J connectivity index is 1.97. The Morgan fingerprint density at radius 3 is 2.65 bits per heavy atom. The number of hydrogen-bond acceptors (Lipinski definition) is 3. The van der Waals surface area contributed by atoms with Crippen LogP contribution in [-0.4, -0.2) is 50.3 Å². The molecule has 1 aliphatic rings. The maximum absolute atomic E-state index is 13.5. The highest BCUT2D eigenvalue weighted by Crippen LogP contribution is 2.27. The molecular weight excluding hydrogens is 401 g/mol. The van der Waals surface area contributed by atoms with E-state index in [1.165, 1.54) is 0 Å². The van der Waals surface area contributed by atoms with Crippen molar-refractivity contribution < 1.29 is 17.9 Å². The van der Waals surface area contributed by atoms with E-state index in [2.05, 4.69) is 30.3 Å². The molecule has 0 bridgehead atoms. The molecule has 0 aliphatic carbocycles. The van der Waals surface area contributed by atoms with Gasteiger partial charge < -0.3 is 10.1 Å². The van der Waals surface area contributed by atoms with Gasteiger partial charge in [0.05, 0.1) is 19.3 Å². The molecule has 172 valence electrons. The van der Waals surface area contributed by atoms with E-state index in [1.54, 1.807) is 12.2 Å². The molecule has 6 heteroatoms. The number of rotatable bonds is 14. The summed E-state index contributed by atoms with van der Waals surface area (Å²) in [4.78, 5) is 2.13. The van der Waals surface area contributed by atoms with Gasteiger partial charge in [-0.25, -0.2) is 8.78 Å². The van der Waals surface area contributed by atoms with Crippen LogP contribution in [0.4, 0.5) is 13.2 Å². The molecule has 1 saturated heterocycles. The third-order valence-corrected chi connectivity index (χ3v) is 5.30. The van der Waals surface area contributed by atoms with Crippen LogP contribution in [-0.2, 0) is 11.2 Å². The Hall–Kier alpha value is -2.05. The van der Waals surface area contributed by atoms with Crippen LogP contribution in [0.25, 0.3) is 0 Å². The first-order valence-electron chi connectivity index (χ1n) is 10.9. The second-order valence-electron chi connectivity index (χ2n) is 8.34. The number of alkyl halides is 3. The molecule has 0 aromatic heterocycles. The minimum absolute atomic E-state index is 0.155. The van der Waals surface area contributed by atoms with Crippen LogP contribution in [0.1, 0.15) is 37.4 Å². The number of aryl methyl sites for hydroxylation is 1. The van der Waals surface area contributed by atoms with E-state index in [0.717, 1.165) is 50.5 Å². The number of benzene rings is 1. The summed E-state index contributed by atoms with van der Waals surface area (Å²) in [7, 11) is 0. The van der Waals surface area contributed by atoms with E-state index in [9.17, 15) is 13.2 Å². The van der Waals surface area contributed by atoms with E-state index in [1.807, 2.05) is 24.3 Å². The Morgan fingerprint density at radius 1 is 1.29 bits per heavy atom. The molecule has 1 N–H and O–H groups in total. The van der Waals surface area contributed by atoms with Gasteiger partial charge in [-0.2, -0.15) is 0 Å². The second kappa shape index (κ2) is 12.1. The normalized spacial score (nSPS) is 16.3. The fourth-order valence-electron chi connectivity index (χ4n) is 3.64. The van der Waals surface area contributed by atoms with Crippen molar-refractivity contribution in [2.75, 3.05) is 39.5 Å². The van der Waals surface area contributed by atoms with Gasteiger partial charge in [-0.05, 0) is 29.2 Å². The number of allylic oxidation sites excluding steroid dienone is 1. The zero-order valence-electron chi connectivity index (χ0n) is 18.7. The maximum atomic E-state index is 13.5. The molecule has 3 nitrogen and oxygen atoms in total. The van der Waals surface area contributed by atoms with Crippen LogP contribution < -0.4 is 5.32 Å². The summed E-state index contributed by atoms with van der Waals surface area (Å²) in [5.74, 6) is -2.20. The van der Waals surface area contributed by atoms with Crippen LogP contribution >= 0.6 is 0 Å². The molecule has 1 aliphatic heterocycles. The molecule has 0 saturated carbocycles. The third-order valence-electron chi connectivity index (χ3n) is 5.30. The standard InChI is InChI=1S/C25H35F3N2O/c1-5-8-22-9-6-7-10-23(22)24(29-18-25(4,27)28)19(2)11-12-20(3)31-14-13-30-16-21(15-26)17-30/h6-7,9-12,21,24,29H,2-3,5,8,13-18H2,1,4H3/b12-11-/t24-/m0/s1. The summed E-state index contributed by atoms with van der Waals surface area (Å²) < 4.78 is 45.2. The van der Waals surface area contributed by atoms with Gasteiger partial charge in [0.2, 0.25) is 0 Å². The Morgan fingerprint density at radius 2 is 2.00 bits per heavy atom. The molecule has 1 aromatic carbocycles. The molecular formula is C25H35F3N2O. The van der Waals surface area contributed by atoms with Gasteiger partial charge in [0, 0.05) is 32.5 Å². The fraction of sp³-hybridized carbons (Fsp3) is 0.520. The van der Waals surface area contributed by atoms with Crippen LogP contribution in [0.2, 0.25) is 0 Å². The van der Waals surface area contributed by atoms with Gasteiger partial charge in [-0.3, -0.25) is 9.29 Å². The first-order chi connectivity index (χ1) is 14.7. The summed E-state index contributed by atoms with van der Waals surface area (Å²) in [6.07, 6.45) is 5.30. The van der Waals surface area contributed by atoms with Gasteiger partial charge in [0.1, 0.15) is 12.4 Å². The lowest BCUT2D eigenvalue weighted by Gasteiger charge is -2.37. The molecule has 2 rings (SSSR count). The molecule has 1 aromatic rings. The summed E-state index contributed by atoms with van der Waals surface area (Å²) >= 11 is 0. The van der Waals surface area contributed by atoms with E-state index in [-0.39, 0.29) is 12.6 Å². The molecule has 1 fully saturated rings. The second-order valence-corrected chi connectivity index (χ2v) is 8.34. The molecule has 1 atom stereocenters. The van der Waals surface area contributed by atoms with Crippen molar-refractivity contribution in [3.8, 4) is 0 Å². The van der Waals surface area contributed by atoms with Gasteiger partial charge in [0.25, 0.3) is 5.92 Å². The van der Waals surface area contributed by atoms with Crippen molar-refractivity contribution in [1.82, 2.24) is 10.2 Å². The lowest BCUT2D eigenvalue weighted by atomic mass is 9.92. The Labute approximate surface area is 184 Å². The van der Waals surface area contributed by atoms with Gasteiger partial charge in [0.15, 0.2) is 0 Å². The van der Waals surface area contributed by atoms with Crippen LogP contribution in [0, 0.1) is 5.92 Å². The zero-order chi connectivity index (χ0) is 22.9. The summed E-state index contributed by atoms with van der Waals surface area (Å²) in [5.41, 5.74) is 2.73. The molecule has 0 unspecified atom stereocenters. The predicted octanol–water partition coefficient (Wildman–Crippen LogP) is 5.47. The van der Waals surface area contributed by atoms with Gasteiger partial charge >= 0.3 is 0 Å². The average Bonchev–Trinajstić information content (AvgIpc) is 2.68. The highest BCUT2D eigenvalue weighted by Gasteiger charge is 2.26. The number of halogens is 3. The van der Waals surface area contributed by atoms with Crippen molar-refractivity contribution in [3.05, 3.63) is 72.0 Å². The quantitative estimate of drug-likeness (QED) is 0.309. The van der Waals surface area contributed by atoms with Crippen molar-refractivity contribution in [2.24, 2.45) is 5.92 Å². The van der Waals surface area contributed by atoms with Crippen molar-refractivity contribution in [3.63, 3.8) is 0 Å². The molecule has 0 spiro atoms. The van der Waals surface area contributed by atoms with E-state index in [4.69, 9.17) is 4.74 Å². The largest absolute Gasteiger partial charge is 0.493 e. The minimum atomic E-state index is -2.83. The first-order valence-corrected chi connectivity index (χ1v) is 10.9. The van der Waals surface area contributed by atoms with Crippen LogP contribution in [0.3, 0.4) is 0 Å².